The van der Waals surface area contributed by atoms with Gasteiger partial charge < -0.3 is 0 Å². The Hall–Kier alpha value is -0.890. The second-order valence-electron chi connectivity index (χ2n) is 4.85. The van der Waals surface area contributed by atoms with Crippen LogP contribution in [0.25, 0.3) is 10.2 Å². The minimum atomic E-state index is 0.339. The Kier molecular flexibility index (Phi) is 2.31. The zero-order valence-electron chi connectivity index (χ0n) is 8.87. The zero-order chi connectivity index (χ0) is 10.2. The average molecular weight is 205 g/mol. The van der Waals surface area contributed by atoms with Gasteiger partial charge in [0.25, 0.3) is 0 Å². The third-order valence-corrected chi connectivity index (χ3v) is 3.11. The van der Waals surface area contributed by atoms with Crippen LogP contribution in [-0.2, 0) is 6.42 Å². The lowest BCUT2D eigenvalue weighted by Crippen LogP contribution is -2.08. The van der Waals surface area contributed by atoms with E-state index < -0.39 is 0 Å². The number of nitrogens with zero attached hydrogens (tertiary/aromatic N) is 1. The highest BCUT2D eigenvalue weighted by molar-refractivity contribution is 7.17. The van der Waals surface area contributed by atoms with Crippen LogP contribution >= 0.6 is 11.3 Å². The van der Waals surface area contributed by atoms with Crippen LogP contribution in [0.5, 0.6) is 0 Å². The van der Waals surface area contributed by atoms with E-state index in [0.717, 1.165) is 6.42 Å². The Labute approximate surface area is 88.8 Å². The van der Waals surface area contributed by atoms with Gasteiger partial charge in [-0.2, -0.15) is 0 Å². The van der Waals surface area contributed by atoms with Gasteiger partial charge in [0.05, 0.1) is 10.2 Å². The number of fused-ring (bicyclic) bond motifs is 1. The molecule has 0 aliphatic heterocycles. The SMILES string of the molecule is CC(C)(C)Cc1csc2cccnc12. The predicted molar refractivity (Wildman–Crippen MR) is 62.8 cm³/mol. The van der Waals surface area contributed by atoms with Gasteiger partial charge in [0.2, 0.25) is 0 Å². The number of thiophene rings is 1. The van der Waals surface area contributed by atoms with Gasteiger partial charge in [-0.05, 0) is 34.9 Å². The first-order valence-electron chi connectivity index (χ1n) is 4.87. The summed E-state index contributed by atoms with van der Waals surface area (Å²) in [5.74, 6) is 0. The third-order valence-electron chi connectivity index (χ3n) is 2.12. The molecule has 0 radical (unpaired) electrons. The summed E-state index contributed by atoms with van der Waals surface area (Å²) in [5.41, 5.74) is 2.91. The molecule has 1 nitrogen and oxygen atoms in total. The maximum absolute atomic E-state index is 4.44. The van der Waals surface area contributed by atoms with Crippen molar-refractivity contribution in [2.75, 3.05) is 0 Å². The standard InChI is InChI=1S/C12H15NS/c1-12(2,3)7-9-8-14-10-5-4-6-13-11(9)10/h4-6,8H,7H2,1-3H3. The summed E-state index contributed by atoms with van der Waals surface area (Å²) in [6.45, 7) is 6.79. The monoisotopic (exact) mass is 205 g/mol. The van der Waals surface area contributed by atoms with E-state index >= 15 is 0 Å². The molecule has 0 aliphatic rings. The Bertz CT molecular complexity index is 437. The molecule has 0 saturated carbocycles. The van der Waals surface area contributed by atoms with E-state index in [9.17, 15) is 0 Å². The third kappa shape index (κ3) is 1.95. The van der Waals surface area contributed by atoms with Crippen LogP contribution in [0.4, 0.5) is 0 Å². The van der Waals surface area contributed by atoms with Gasteiger partial charge in [0.1, 0.15) is 0 Å². The Morgan fingerprint density at radius 2 is 2.14 bits per heavy atom. The van der Waals surface area contributed by atoms with Gasteiger partial charge in [0, 0.05) is 6.20 Å². The van der Waals surface area contributed by atoms with Crippen LogP contribution in [0.2, 0.25) is 0 Å². The lowest BCUT2D eigenvalue weighted by molar-refractivity contribution is 0.413. The molecular formula is C12H15NS. The fraction of sp³-hybridized carbons (Fsp3) is 0.417. The van der Waals surface area contributed by atoms with E-state index in [4.69, 9.17) is 0 Å². The van der Waals surface area contributed by atoms with Crippen LogP contribution in [0.3, 0.4) is 0 Å². The number of pyridine rings is 1. The molecular weight excluding hydrogens is 190 g/mol. The minimum Gasteiger partial charge on any atom is -0.255 e. The quantitative estimate of drug-likeness (QED) is 0.688. The van der Waals surface area contributed by atoms with Crippen molar-refractivity contribution in [3.05, 3.63) is 29.3 Å². The smallest absolute Gasteiger partial charge is 0.0841 e. The highest BCUT2D eigenvalue weighted by Crippen LogP contribution is 2.29. The van der Waals surface area contributed by atoms with Crippen molar-refractivity contribution in [2.45, 2.75) is 27.2 Å². The number of hydrogen-bond acceptors (Lipinski definition) is 2. The molecule has 0 bridgehead atoms. The van der Waals surface area contributed by atoms with Gasteiger partial charge >= 0.3 is 0 Å². The molecule has 0 aliphatic carbocycles. The fourth-order valence-electron chi connectivity index (χ4n) is 1.61. The van der Waals surface area contributed by atoms with E-state index in [-0.39, 0.29) is 0 Å². The molecule has 2 aromatic heterocycles. The van der Waals surface area contributed by atoms with Crippen LogP contribution in [0.15, 0.2) is 23.7 Å². The summed E-state index contributed by atoms with van der Waals surface area (Å²) in [6, 6.07) is 4.14. The summed E-state index contributed by atoms with van der Waals surface area (Å²) in [6.07, 6.45) is 2.98. The summed E-state index contributed by atoms with van der Waals surface area (Å²) in [4.78, 5) is 4.44. The van der Waals surface area contributed by atoms with Crippen LogP contribution in [-0.4, -0.2) is 4.98 Å². The normalized spacial score (nSPS) is 12.2. The van der Waals surface area contributed by atoms with Crippen molar-refractivity contribution < 1.29 is 0 Å². The van der Waals surface area contributed by atoms with E-state index in [1.165, 1.54) is 15.8 Å². The Balaban J connectivity index is 2.44. The summed E-state index contributed by atoms with van der Waals surface area (Å²) >= 11 is 1.79. The van der Waals surface area contributed by atoms with E-state index in [1.54, 1.807) is 11.3 Å². The first-order valence-corrected chi connectivity index (χ1v) is 5.75. The van der Waals surface area contributed by atoms with Crippen LogP contribution in [0, 0.1) is 5.41 Å². The molecule has 2 heterocycles. The molecule has 0 atom stereocenters. The topological polar surface area (TPSA) is 12.9 Å². The van der Waals surface area contributed by atoms with Crippen molar-refractivity contribution >= 4 is 21.6 Å². The lowest BCUT2D eigenvalue weighted by Gasteiger charge is -2.16. The number of rotatable bonds is 1. The maximum atomic E-state index is 4.44. The molecule has 2 rings (SSSR count). The molecule has 0 aromatic carbocycles. The molecule has 0 unspecified atom stereocenters. The molecule has 2 aromatic rings. The fourth-order valence-corrected chi connectivity index (χ4v) is 2.53. The average Bonchev–Trinajstić information content (AvgIpc) is 2.47. The van der Waals surface area contributed by atoms with Gasteiger partial charge in [-0.1, -0.05) is 20.8 Å². The zero-order valence-corrected chi connectivity index (χ0v) is 9.69. The summed E-state index contributed by atoms with van der Waals surface area (Å²) < 4.78 is 1.30. The Morgan fingerprint density at radius 3 is 2.86 bits per heavy atom. The molecule has 0 fully saturated rings. The highest BCUT2D eigenvalue weighted by Gasteiger charge is 2.14. The van der Waals surface area contributed by atoms with Crippen molar-refractivity contribution in [1.82, 2.24) is 4.98 Å². The van der Waals surface area contributed by atoms with Crippen molar-refractivity contribution in [3.63, 3.8) is 0 Å². The van der Waals surface area contributed by atoms with Crippen LogP contribution in [0.1, 0.15) is 26.3 Å². The highest BCUT2D eigenvalue weighted by atomic mass is 32.1. The van der Waals surface area contributed by atoms with Crippen molar-refractivity contribution in [1.29, 1.82) is 0 Å². The first kappa shape index (κ1) is 9.66. The van der Waals surface area contributed by atoms with Crippen molar-refractivity contribution in [3.8, 4) is 0 Å². The molecule has 0 spiro atoms. The largest absolute Gasteiger partial charge is 0.255 e. The predicted octanol–water partition coefficient (Wildman–Crippen LogP) is 3.88. The molecule has 0 saturated heterocycles. The minimum absolute atomic E-state index is 0.339. The van der Waals surface area contributed by atoms with Gasteiger partial charge in [-0.3, -0.25) is 4.98 Å². The van der Waals surface area contributed by atoms with Gasteiger partial charge in [-0.15, -0.1) is 11.3 Å². The van der Waals surface area contributed by atoms with E-state index in [2.05, 4.69) is 37.2 Å². The maximum Gasteiger partial charge on any atom is 0.0841 e. The molecule has 14 heavy (non-hydrogen) atoms. The Morgan fingerprint density at radius 1 is 1.36 bits per heavy atom. The van der Waals surface area contributed by atoms with Crippen molar-refractivity contribution in [2.24, 2.45) is 5.41 Å². The first-order chi connectivity index (χ1) is 6.56. The van der Waals surface area contributed by atoms with E-state index in [0.29, 0.717) is 5.41 Å². The summed E-state index contributed by atoms with van der Waals surface area (Å²) in [7, 11) is 0. The van der Waals surface area contributed by atoms with Crippen LogP contribution < -0.4 is 0 Å². The number of hydrogen-bond donors (Lipinski definition) is 0. The van der Waals surface area contributed by atoms with E-state index in [1.807, 2.05) is 12.3 Å². The number of aromatic nitrogens is 1. The molecule has 74 valence electrons. The van der Waals surface area contributed by atoms with Gasteiger partial charge in [-0.25, -0.2) is 0 Å². The molecule has 2 heteroatoms. The molecule has 0 N–H and O–H groups in total. The second-order valence-corrected chi connectivity index (χ2v) is 5.76. The second kappa shape index (κ2) is 3.35. The lowest BCUT2D eigenvalue weighted by atomic mass is 9.89. The van der Waals surface area contributed by atoms with Gasteiger partial charge in [0.15, 0.2) is 0 Å². The summed E-state index contributed by atoms with van der Waals surface area (Å²) in [5, 5.41) is 2.24. The molecule has 0 amide bonds.